The first-order valence-corrected chi connectivity index (χ1v) is 8.72. The Labute approximate surface area is 145 Å². The molecule has 1 amide bonds. The molecule has 130 valence electrons. The van der Waals surface area contributed by atoms with Gasteiger partial charge >= 0.3 is 0 Å². The van der Waals surface area contributed by atoms with Crippen molar-refractivity contribution in [1.82, 2.24) is 35.1 Å². The van der Waals surface area contributed by atoms with Crippen molar-refractivity contribution in [3.63, 3.8) is 0 Å². The summed E-state index contributed by atoms with van der Waals surface area (Å²) in [6.45, 7) is 3.00. The Kier molecular flexibility index (Phi) is 4.17. The summed E-state index contributed by atoms with van der Waals surface area (Å²) in [5.41, 5.74) is 1.63. The van der Waals surface area contributed by atoms with Crippen molar-refractivity contribution >= 4 is 16.9 Å². The highest BCUT2D eigenvalue weighted by Crippen LogP contribution is 2.18. The molecule has 8 nitrogen and oxygen atoms in total. The average molecular weight is 339 g/mol. The maximum atomic E-state index is 12.4. The van der Waals surface area contributed by atoms with Crippen LogP contribution in [0.4, 0.5) is 0 Å². The van der Waals surface area contributed by atoms with Gasteiger partial charge in [-0.05, 0) is 31.9 Å². The minimum absolute atomic E-state index is 0.117. The Morgan fingerprint density at radius 1 is 1.20 bits per heavy atom. The Balaban J connectivity index is 1.47. The molecule has 1 aromatic carbocycles. The molecule has 1 unspecified atom stereocenters. The number of rotatable bonds is 4. The van der Waals surface area contributed by atoms with Crippen molar-refractivity contribution in [1.29, 1.82) is 0 Å². The van der Waals surface area contributed by atoms with E-state index >= 15 is 0 Å². The molecule has 3 heterocycles. The van der Waals surface area contributed by atoms with Crippen LogP contribution in [0, 0.1) is 0 Å². The molecule has 0 saturated carbocycles. The number of hydrogen-bond donors (Lipinski definition) is 1. The summed E-state index contributed by atoms with van der Waals surface area (Å²) in [5.74, 6) is 1.73. The predicted octanol–water partition coefficient (Wildman–Crippen LogP) is 1.63. The number of aryl methyl sites for hydroxylation is 1. The van der Waals surface area contributed by atoms with Crippen LogP contribution < -0.4 is 5.32 Å². The number of nitrogens with zero attached hydrogens (tertiary/aromatic N) is 6. The van der Waals surface area contributed by atoms with Crippen molar-refractivity contribution in [2.24, 2.45) is 0 Å². The molecule has 4 rings (SSSR count). The first-order valence-electron chi connectivity index (χ1n) is 8.72. The van der Waals surface area contributed by atoms with Crippen LogP contribution in [0.5, 0.6) is 0 Å². The molecule has 0 spiro atoms. The van der Waals surface area contributed by atoms with E-state index in [-0.39, 0.29) is 18.5 Å². The SMILES string of the molecule is CC(NC(=O)Cn1nnc2ccccc21)c1nnc2n1CCCCC2. The lowest BCUT2D eigenvalue weighted by Crippen LogP contribution is -2.32. The number of amides is 1. The highest BCUT2D eigenvalue weighted by molar-refractivity contribution is 5.79. The Morgan fingerprint density at radius 2 is 2.08 bits per heavy atom. The lowest BCUT2D eigenvalue weighted by atomic mass is 10.2. The molecule has 0 aliphatic carbocycles. The fourth-order valence-corrected chi connectivity index (χ4v) is 3.35. The molecule has 1 atom stereocenters. The van der Waals surface area contributed by atoms with Gasteiger partial charge in [0.2, 0.25) is 5.91 Å². The highest BCUT2D eigenvalue weighted by Gasteiger charge is 2.21. The maximum absolute atomic E-state index is 12.4. The number of fused-ring (bicyclic) bond motifs is 2. The van der Waals surface area contributed by atoms with Crippen LogP contribution in [0.25, 0.3) is 11.0 Å². The lowest BCUT2D eigenvalue weighted by molar-refractivity contribution is -0.122. The van der Waals surface area contributed by atoms with Gasteiger partial charge in [0, 0.05) is 13.0 Å². The van der Waals surface area contributed by atoms with Crippen LogP contribution in [0.1, 0.15) is 43.9 Å². The van der Waals surface area contributed by atoms with Gasteiger partial charge in [-0.25, -0.2) is 4.68 Å². The third kappa shape index (κ3) is 3.11. The third-order valence-electron chi connectivity index (χ3n) is 4.62. The van der Waals surface area contributed by atoms with Crippen molar-refractivity contribution in [2.75, 3.05) is 0 Å². The van der Waals surface area contributed by atoms with Gasteiger partial charge in [0.25, 0.3) is 0 Å². The van der Waals surface area contributed by atoms with Crippen LogP contribution in [-0.2, 0) is 24.3 Å². The van der Waals surface area contributed by atoms with Gasteiger partial charge < -0.3 is 9.88 Å². The van der Waals surface area contributed by atoms with E-state index in [1.165, 1.54) is 6.42 Å². The first kappa shape index (κ1) is 15.7. The minimum atomic E-state index is -0.193. The molecule has 0 fully saturated rings. The fraction of sp³-hybridized carbons (Fsp3) is 0.471. The molecule has 0 saturated heterocycles. The number of carbonyl (C=O) groups excluding carboxylic acids is 1. The van der Waals surface area contributed by atoms with E-state index in [0.29, 0.717) is 0 Å². The van der Waals surface area contributed by atoms with Crippen LogP contribution >= 0.6 is 0 Å². The van der Waals surface area contributed by atoms with Crippen LogP contribution in [0.3, 0.4) is 0 Å². The van der Waals surface area contributed by atoms with Gasteiger partial charge in [-0.2, -0.15) is 0 Å². The Morgan fingerprint density at radius 3 is 3.00 bits per heavy atom. The van der Waals surface area contributed by atoms with E-state index in [9.17, 15) is 4.79 Å². The second kappa shape index (κ2) is 6.62. The molecule has 8 heteroatoms. The number of carbonyl (C=O) groups is 1. The molecular formula is C17H21N7O. The van der Waals surface area contributed by atoms with Crippen molar-refractivity contribution in [3.05, 3.63) is 35.9 Å². The summed E-state index contributed by atoms with van der Waals surface area (Å²) in [4.78, 5) is 12.4. The largest absolute Gasteiger partial charge is 0.345 e. The topological polar surface area (TPSA) is 90.5 Å². The number of aromatic nitrogens is 6. The summed E-state index contributed by atoms with van der Waals surface area (Å²) in [7, 11) is 0. The summed E-state index contributed by atoms with van der Waals surface area (Å²) < 4.78 is 3.77. The quantitative estimate of drug-likeness (QED) is 0.780. The third-order valence-corrected chi connectivity index (χ3v) is 4.62. The standard InChI is InChI=1S/C17H21N7O/c1-12(17-21-20-15-9-3-2-6-10-23(15)17)18-16(25)11-24-14-8-5-4-7-13(14)19-22-24/h4-5,7-8,12H,2-3,6,9-11H2,1H3,(H,18,25). The van der Waals surface area contributed by atoms with E-state index in [2.05, 4.69) is 30.4 Å². The Bertz CT molecular complexity index is 897. The molecule has 3 aromatic rings. The van der Waals surface area contributed by atoms with E-state index in [1.54, 1.807) is 4.68 Å². The fourth-order valence-electron chi connectivity index (χ4n) is 3.35. The number of hydrogen-bond acceptors (Lipinski definition) is 5. The van der Waals surface area contributed by atoms with Crippen LogP contribution in [0.15, 0.2) is 24.3 Å². The first-order chi connectivity index (χ1) is 12.2. The molecule has 1 aliphatic heterocycles. The highest BCUT2D eigenvalue weighted by atomic mass is 16.2. The molecule has 1 aliphatic rings. The zero-order chi connectivity index (χ0) is 17.2. The lowest BCUT2D eigenvalue weighted by Gasteiger charge is -2.15. The number of nitrogens with one attached hydrogen (secondary N) is 1. The summed E-state index contributed by atoms with van der Waals surface area (Å²) >= 11 is 0. The van der Waals surface area contributed by atoms with Gasteiger partial charge in [0.1, 0.15) is 17.9 Å². The number of benzene rings is 1. The molecule has 2 aromatic heterocycles. The smallest absolute Gasteiger partial charge is 0.242 e. The van der Waals surface area contributed by atoms with Crippen molar-refractivity contribution in [3.8, 4) is 0 Å². The number of para-hydroxylation sites is 1. The molecule has 25 heavy (non-hydrogen) atoms. The van der Waals surface area contributed by atoms with E-state index in [4.69, 9.17) is 0 Å². The molecular weight excluding hydrogens is 318 g/mol. The minimum Gasteiger partial charge on any atom is -0.345 e. The van der Waals surface area contributed by atoms with E-state index in [1.807, 2.05) is 31.2 Å². The zero-order valence-corrected chi connectivity index (χ0v) is 14.2. The van der Waals surface area contributed by atoms with Crippen molar-refractivity contribution < 1.29 is 4.79 Å². The molecule has 1 N–H and O–H groups in total. The van der Waals surface area contributed by atoms with Gasteiger partial charge in [0.05, 0.1) is 11.6 Å². The second-order valence-corrected chi connectivity index (χ2v) is 6.46. The molecule has 0 radical (unpaired) electrons. The van der Waals surface area contributed by atoms with Crippen LogP contribution in [-0.4, -0.2) is 35.7 Å². The van der Waals surface area contributed by atoms with Gasteiger partial charge in [0.15, 0.2) is 5.82 Å². The predicted molar refractivity (Wildman–Crippen MR) is 91.7 cm³/mol. The van der Waals surface area contributed by atoms with Crippen LogP contribution in [0.2, 0.25) is 0 Å². The zero-order valence-electron chi connectivity index (χ0n) is 14.2. The second-order valence-electron chi connectivity index (χ2n) is 6.46. The molecule has 0 bridgehead atoms. The summed E-state index contributed by atoms with van der Waals surface area (Å²) in [6, 6.07) is 7.41. The monoisotopic (exact) mass is 339 g/mol. The average Bonchev–Trinajstić information content (AvgIpc) is 3.12. The maximum Gasteiger partial charge on any atom is 0.242 e. The van der Waals surface area contributed by atoms with Crippen molar-refractivity contribution in [2.45, 2.75) is 51.7 Å². The van der Waals surface area contributed by atoms with Gasteiger partial charge in [-0.3, -0.25) is 4.79 Å². The van der Waals surface area contributed by atoms with E-state index in [0.717, 1.165) is 48.5 Å². The normalized spacial score (nSPS) is 15.6. The summed E-state index contributed by atoms with van der Waals surface area (Å²) in [6.07, 6.45) is 4.45. The summed E-state index contributed by atoms with van der Waals surface area (Å²) in [5, 5.41) is 19.7. The van der Waals surface area contributed by atoms with Gasteiger partial charge in [-0.15, -0.1) is 15.3 Å². The van der Waals surface area contributed by atoms with Gasteiger partial charge in [-0.1, -0.05) is 23.8 Å². The Hall–Kier alpha value is -2.77. The van der Waals surface area contributed by atoms with E-state index < -0.39 is 0 Å².